The number of carbonyl (C=O) groups is 1. The van der Waals surface area contributed by atoms with Crippen molar-refractivity contribution in [2.45, 2.75) is 26.3 Å². The number of carboxylic acids is 1. The molecule has 0 amide bonds. The second-order valence-electron chi connectivity index (χ2n) is 6.55. The lowest BCUT2D eigenvalue weighted by Gasteiger charge is -2.13. The van der Waals surface area contributed by atoms with Gasteiger partial charge in [-0.3, -0.25) is 4.79 Å². The van der Waals surface area contributed by atoms with E-state index in [0.29, 0.717) is 18.9 Å². The first-order valence-corrected chi connectivity index (χ1v) is 9.22. The fourth-order valence-corrected chi connectivity index (χ4v) is 2.84. The third-order valence-corrected chi connectivity index (χ3v) is 4.46. The molecular weight excluding hydrogens is 356 g/mol. The summed E-state index contributed by atoms with van der Waals surface area (Å²) in [6, 6.07) is 17.4. The minimum Gasteiger partial charge on any atom is -0.493 e. The van der Waals surface area contributed by atoms with Crippen molar-refractivity contribution in [1.82, 2.24) is 10.3 Å². The van der Waals surface area contributed by atoms with Gasteiger partial charge in [0.1, 0.15) is 11.5 Å². The molecule has 2 aromatic carbocycles. The Bertz CT molecular complexity index is 904. The number of aryl methyl sites for hydroxylation is 1. The Morgan fingerprint density at radius 2 is 1.89 bits per heavy atom. The predicted octanol–water partition coefficient (Wildman–Crippen LogP) is 4.01. The van der Waals surface area contributed by atoms with E-state index >= 15 is 0 Å². The molecule has 0 radical (unpaired) electrons. The molecule has 0 saturated heterocycles. The van der Waals surface area contributed by atoms with Gasteiger partial charge in [-0.2, -0.15) is 0 Å². The predicted molar refractivity (Wildman–Crippen MR) is 106 cm³/mol. The van der Waals surface area contributed by atoms with Gasteiger partial charge in [0.15, 0.2) is 0 Å². The van der Waals surface area contributed by atoms with Gasteiger partial charge in [-0.05, 0) is 43.7 Å². The summed E-state index contributed by atoms with van der Waals surface area (Å²) in [7, 11) is 0. The Kier molecular flexibility index (Phi) is 6.45. The highest BCUT2D eigenvalue weighted by Crippen LogP contribution is 2.22. The summed E-state index contributed by atoms with van der Waals surface area (Å²) in [5.41, 5.74) is 2.86. The van der Waals surface area contributed by atoms with Gasteiger partial charge in [0.25, 0.3) is 0 Å². The molecule has 3 aromatic rings. The standard InChI is InChI=1S/C22H24N2O4/c1-15(23-14-21(25)26)17-8-10-19(11-9-17)27-13-12-20-16(2)28-22(24-20)18-6-4-3-5-7-18/h3-11,15,23H,12-14H2,1-2H3,(H,25,26)/t15-/m0/s1. The number of rotatable bonds is 9. The number of benzene rings is 2. The molecule has 0 aliphatic rings. The molecule has 0 aliphatic carbocycles. The van der Waals surface area contributed by atoms with E-state index in [0.717, 1.165) is 28.3 Å². The number of nitrogens with zero attached hydrogens (tertiary/aromatic N) is 1. The van der Waals surface area contributed by atoms with Gasteiger partial charge in [-0.25, -0.2) is 4.98 Å². The Balaban J connectivity index is 1.53. The molecule has 0 aliphatic heterocycles. The number of hydrogen-bond acceptors (Lipinski definition) is 5. The molecular formula is C22H24N2O4. The van der Waals surface area contributed by atoms with E-state index in [1.165, 1.54) is 0 Å². The minimum atomic E-state index is -0.870. The topological polar surface area (TPSA) is 84.6 Å². The monoisotopic (exact) mass is 380 g/mol. The molecule has 3 rings (SSSR count). The maximum absolute atomic E-state index is 10.6. The average Bonchev–Trinajstić information content (AvgIpc) is 3.08. The fraction of sp³-hybridized carbons (Fsp3) is 0.273. The van der Waals surface area contributed by atoms with E-state index in [1.807, 2.05) is 68.4 Å². The smallest absolute Gasteiger partial charge is 0.317 e. The third-order valence-electron chi connectivity index (χ3n) is 4.46. The van der Waals surface area contributed by atoms with Crippen molar-refractivity contribution >= 4 is 5.97 Å². The number of nitrogens with one attached hydrogen (secondary N) is 1. The second-order valence-corrected chi connectivity index (χ2v) is 6.55. The summed E-state index contributed by atoms with van der Waals surface area (Å²) in [4.78, 5) is 15.2. The number of carboxylic acid groups (broad SMARTS) is 1. The van der Waals surface area contributed by atoms with Crippen molar-refractivity contribution in [3.63, 3.8) is 0 Å². The van der Waals surface area contributed by atoms with Gasteiger partial charge in [0.2, 0.25) is 5.89 Å². The van der Waals surface area contributed by atoms with Crippen LogP contribution < -0.4 is 10.1 Å². The van der Waals surface area contributed by atoms with Crippen molar-refractivity contribution in [3.05, 3.63) is 71.6 Å². The molecule has 6 nitrogen and oxygen atoms in total. The van der Waals surface area contributed by atoms with E-state index in [-0.39, 0.29) is 12.6 Å². The Morgan fingerprint density at radius 3 is 2.57 bits per heavy atom. The summed E-state index contributed by atoms with van der Waals surface area (Å²) in [5, 5.41) is 11.7. The molecule has 1 heterocycles. The Hall–Kier alpha value is -3.12. The molecule has 0 spiro atoms. The molecule has 0 saturated carbocycles. The first-order chi connectivity index (χ1) is 13.5. The van der Waals surface area contributed by atoms with Gasteiger partial charge >= 0.3 is 5.97 Å². The molecule has 1 atom stereocenters. The number of oxazole rings is 1. The zero-order valence-electron chi connectivity index (χ0n) is 16.0. The van der Waals surface area contributed by atoms with Crippen LogP contribution in [0.5, 0.6) is 5.75 Å². The SMILES string of the molecule is Cc1oc(-c2ccccc2)nc1CCOc1ccc([C@H](C)NCC(=O)O)cc1. The Morgan fingerprint density at radius 1 is 1.18 bits per heavy atom. The van der Waals surface area contributed by atoms with Crippen LogP contribution in [-0.4, -0.2) is 29.2 Å². The van der Waals surface area contributed by atoms with Crippen LogP contribution in [0.3, 0.4) is 0 Å². The summed E-state index contributed by atoms with van der Waals surface area (Å²) < 4.78 is 11.6. The lowest BCUT2D eigenvalue weighted by molar-refractivity contribution is -0.136. The van der Waals surface area contributed by atoms with Gasteiger partial charge in [0, 0.05) is 18.0 Å². The first kappa shape index (κ1) is 19.6. The van der Waals surface area contributed by atoms with Crippen molar-refractivity contribution in [2.24, 2.45) is 0 Å². The summed E-state index contributed by atoms with van der Waals surface area (Å²) in [6.45, 7) is 4.26. The van der Waals surface area contributed by atoms with Crippen molar-refractivity contribution < 1.29 is 19.1 Å². The highest BCUT2D eigenvalue weighted by Gasteiger charge is 2.11. The van der Waals surface area contributed by atoms with Gasteiger partial charge in [-0.1, -0.05) is 30.3 Å². The highest BCUT2D eigenvalue weighted by atomic mass is 16.5. The molecule has 28 heavy (non-hydrogen) atoms. The molecule has 2 N–H and O–H groups in total. The fourth-order valence-electron chi connectivity index (χ4n) is 2.84. The molecule has 0 fully saturated rings. The lowest BCUT2D eigenvalue weighted by atomic mass is 10.1. The summed E-state index contributed by atoms with van der Waals surface area (Å²) in [5.74, 6) is 1.32. The van der Waals surface area contributed by atoms with Crippen molar-refractivity contribution in [2.75, 3.05) is 13.2 Å². The van der Waals surface area contributed by atoms with E-state index in [2.05, 4.69) is 10.3 Å². The van der Waals surface area contributed by atoms with Gasteiger partial charge < -0.3 is 19.6 Å². The molecule has 1 aromatic heterocycles. The van der Waals surface area contributed by atoms with Crippen LogP contribution >= 0.6 is 0 Å². The van der Waals surface area contributed by atoms with Crippen LogP contribution in [0, 0.1) is 6.92 Å². The van der Waals surface area contributed by atoms with Gasteiger partial charge in [-0.15, -0.1) is 0 Å². The normalized spacial score (nSPS) is 11.9. The maximum Gasteiger partial charge on any atom is 0.317 e. The third kappa shape index (κ3) is 5.20. The lowest BCUT2D eigenvalue weighted by Crippen LogP contribution is -2.25. The second kappa shape index (κ2) is 9.19. The van der Waals surface area contributed by atoms with E-state index in [1.54, 1.807) is 0 Å². The number of aromatic nitrogens is 1. The minimum absolute atomic E-state index is 0.0423. The van der Waals surface area contributed by atoms with Crippen molar-refractivity contribution in [3.8, 4) is 17.2 Å². The molecule has 0 bridgehead atoms. The van der Waals surface area contributed by atoms with Crippen LogP contribution in [0.15, 0.2) is 59.0 Å². The van der Waals surface area contributed by atoms with Crippen LogP contribution in [0.4, 0.5) is 0 Å². The number of aliphatic carboxylic acids is 1. The van der Waals surface area contributed by atoms with E-state index in [9.17, 15) is 4.79 Å². The van der Waals surface area contributed by atoms with Crippen LogP contribution in [0.2, 0.25) is 0 Å². The Labute approximate surface area is 164 Å². The quantitative estimate of drug-likeness (QED) is 0.584. The number of hydrogen-bond donors (Lipinski definition) is 2. The summed E-state index contributed by atoms with van der Waals surface area (Å²) >= 11 is 0. The van der Waals surface area contributed by atoms with Crippen LogP contribution in [0.25, 0.3) is 11.5 Å². The maximum atomic E-state index is 10.6. The zero-order chi connectivity index (χ0) is 19.9. The van der Waals surface area contributed by atoms with Crippen LogP contribution in [-0.2, 0) is 11.2 Å². The number of ether oxygens (including phenoxy) is 1. The molecule has 146 valence electrons. The largest absolute Gasteiger partial charge is 0.493 e. The first-order valence-electron chi connectivity index (χ1n) is 9.22. The van der Waals surface area contributed by atoms with Crippen molar-refractivity contribution in [1.29, 1.82) is 0 Å². The van der Waals surface area contributed by atoms with E-state index in [4.69, 9.17) is 14.3 Å². The highest BCUT2D eigenvalue weighted by molar-refractivity contribution is 5.69. The van der Waals surface area contributed by atoms with Gasteiger partial charge in [0.05, 0.1) is 18.8 Å². The molecule has 0 unspecified atom stereocenters. The van der Waals surface area contributed by atoms with Crippen LogP contribution in [0.1, 0.15) is 30.0 Å². The molecule has 6 heteroatoms. The van der Waals surface area contributed by atoms with E-state index < -0.39 is 5.97 Å². The average molecular weight is 380 g/mol. The summed E-state index contributed by atoms with van der Waals surface area (Å²) in [6.07, 6.45) is 0.653. The zero-order valence-corrected chi connectivity index (χ0v) is 16.0.